The van der Waals surface area contributed by atoms with E-state index in [4.69, 9.17) is 10.5 Å². The zero-order valence-electron chi connectivity index (χ0n) is 13.7. The predicted molar refractivity (Wildman–Crippen MR) is 88.7 cm³/mol. The number of nitrogens with zero attached hydrogens (tertiary/aromatic N) is 1. The first-order valence-corrected chi connectivity index (χ1v) is 8.22. The second-order valence-corrected chi connectivity index (χ2v) is 6.47. The zero-order chi connectivity index (χ0) is 15.2. The van der Waals surface area contributed by atoms with E-state index in [1.54, 1.807) is 7.11 Å². The fourth-order valence-corrected chi connectivity index (χ4v) is 3.24. The summed E-state index contributed by atoms with van der Waals surface area (Å²) < 4.78 is 5.20. The van der Waals surface area contributed by atoms with Crippen LogP contribution in [0, 0.1) is 5.92 Å². The van der Waals surface area contributed by atoms with Gasteiger partial charge in [-0.1, -0.05) is 12.1 Å². The molecule has 2 N–H and O–H groups in total. The number of likely N-dealkylation sites (tertiary alicyclic amines) is 1. The monoisotopic (exact) mass is 290 g/mol. The van der Waals surface area contributed by atoms with Gasteiger partial charge in [0, 0.05) is 12.1 Å². The highest BCUT2D eigenvalue weighted by Crippen LogP contribution is 2.22. The molecule has 1 aromatic carbocycles. The average Bonchev–Trinajstić information content (AvgIpc) is 2.53. The molecule has 1 saturated heterocycles. The summed E-state index contributed by atoms with van der Waals surface area (Å²) in [6, 6.07) is 9.45. The number of hydrogen-bond donors (Lipinski definition) is 1. The predicted octanol–water partition coefficient (Wildman–Crippen LogP) is 3.08. The van der Waals surface area contributed by atoms with E-state index in [1.165, 1.54) is 37.9 Å². The number of aryl methyl sites for hydroxylation is 1. The number of hydrogen-bond acceptors (Lipinski definition) is 3. The van der Waals surface area contributed by atoms with E-state index in [0.717, 1.165) is 18.1 Å². The van der Waals surface area contributed by atoms with Crippen molar-refractivity contribution in [2.45, 2.75) is 51.6 Å². The molecule has 3 nitrogen and oxygen atoms in total. The highest BCUT2D eigenvalue weighted by Gasteiger charge is 2.24. The number of benzene rings is 1. The van der Waals surface area contributed by atoms with Crippen molar-refractivity contribution in [3.05, 3.63) is 29.8 Å². The van der Waals surface area contributed by atoms with E-state index in [2.05, 4.69) is 30.9 Å². The lowest BCUT2D eigenvalue weighted by atomic mass is 9.90. The first kappa shape index (κ1) is 16.3. The van der Waals surface area contributed by atoms with Crippen molar-refractivity contribution in [1.29, 1.82) is 0 Å². The summed E-state index contributed by atoms with van der Waals surface area (Å²) in [6.07, 6.45) is 4.86. The van der Waals surface area contributed by atoms with Gasteiger partial charge in [-0.25, -0.2) is 0 Å². The van der Waals surface area contributed by atoms with Crippen LogP contribution in [0.1, 0.15) is 38.7 Å². The maximum atomic E-state index is 6.02. The summed E-state index contributed by atoms with van der Waals surface area (Å²) >= 11 is 0. The molecule has 1 aliphatic rings. The Bertz CT molecular complexity index is 408. The van der Waals surface area contributed by atoms with Gasteiger partial charge >= 0.3 is 0 Å². The van der Waals surface area contributed by atoms with Crippen LogP contribution >= 0.6 is 0 Å². The number of rotatable bonds is 6. The Morgan fingerprint density at radius 2 is 1.81 bits per heavy atom. The van der Waals surface area contributed by atoms with Gasteiger partial charge in [-0.05, 0) is 76.2 Å². The molecule has 0 spiro atoms. The van der Waals surface area contributed by atoms with Gasteiger partial charge in [0.2, 0.25) is 0 Å². The van der Waals surface area contributed by atoms with Gasteiger partial charge in [-0.15, -0.1) is 0 Å². The van der Waals surface area contributed by atoms with Crippen molar-refractivity contribution in [2.75, 3.05) is 20.2 Å². The third kappa shape index (κ3) is 4.72. The van der Waals surface area contributed by atoms with Crippen molar-refractivity contribution in [3.63, 3.8) is 0 Å². The summed E-state index contributed by atoms with van der Waals surface area (Å²) in [5, 5.41) is 0. The van der Waals surface area contributed by atoms with Crippen molar-refractivity contribution >= 4 is 0 Å². The molecular formula is C18H30N2O. The van der Waals surface area contributed by atoms with Gasteiger partial charge in [0.15, 0.2) is 0 Å². The Morgan fingerprint density at radius 1 is 1.19 bits per heavy atom. The van der Waals surface area contributed by atoms with Crippen LogP contribution < -0.4 is 10.5 Å². The summed E-state index contributed by atoms with van der Waals surface area (Å²) in [7, 11) is 1.71. The van der Waals surface area contributed by atoms with Crippen LogP contribution in [0.3, 0.4) is 0 Å². The third-order valence-electron chi connectivity index (χ3n) is 4.95. The van der Waals surface area contributed by atoms with Gasteiger partial charge in [0.05, 0.1) is 7.11 Å². The average molecular weight is 290 g/mol. The van der Waals surface area contributed by atoms with Crippen LogP contribution in [0.15, 0.2) is 24.3 Å². The molecule has 0 bridgehead atoms. The van der Waals surface area contributed by atoms with E-state index in [-0.39, 0.29) is 0 Å². The molecule has 2 atom stereocenters. The summed E-state index contributed by atoms with van der Waals surface area (Å²) in [6.45, 7) is 6.91. The highest BCUT2D eigenvalue weighted by molar-refractivity contribution is 5.27. The maximum Gasteiger partial charge on any atom is 0.118 e. The molecule has 1 aliphatic heterocycles. The van der Waals surface area contributed by atoms with Crippen LogP contribution in [-0.2, 0) is 6.42 Å². The molecule has 0 aliphatic carbocycles. The van der Waals surface area contributed by atoms with Crippen molar-refractivity contribution in [1.82, 2.24) is 4.90 Å². The van der Waals surface area contributed by atoms with E-state index in [9.17, 15) is 0 Å². The SMILES string of the molecule is COc1ccc(CCC(C)N2CCC(C(C)N)CC2)cc1. The minimum Gasteiger partial charge on any atom is -0.497 e. The van der Waals surface area contributed by atoms with Crippen molar-refractivity contribution in [3.8, 4) is 5.75 Å². The summed E-state index contributed by atoms with van der Waals surface area (Å²) in [5.41, 5.74) is 7.41. The molecule has 118 valence electrons. The Morgan fingerprint density at radius 3 is 2.33 bits per heavy atom. The van der Waals surface area contributed by atoms with E-state index >= 15 is 0 Å². The second-order valence-electron chi connectivity index (χ2n) is 6.47. The zero-order valence-corrected chi connectivity index (χ0v) is 13.7. The lowest BCUT2D eigenvalue weighted by Gasteiger charge is -2.37. The van der Waals surface area contributed by atoms with E-state index in [0.29, 0.717) is 12.1 Å². The molecule has 0 radical (unpaired) electrons. The molecule has 1 heterocycles. The smallest absolute Gasteiger partial charge is 0.118 e. The molecular weight excluding hydrogens is 260 g/mol. The van der Waals surface area contributed by atoms with Crippen LogP contribution in [0.4, 0.5) is 0 Å². The fraction of sp³-hybridized carbons (Fsp3) is 0.667. The Balaban J connectivity index is 1.75. The molecule has 0 amide bonds. The molecule has 2 rings (SSSR count). The largest absolute Gasteiger partial charge is 0.497 e. The van der Waals surface area contributed by atoms with Crippen molar-refractivity contribution in [2.24, 2.45) is 11.7 Å². The first-order chi connectivity index (χ1) is 10.1. The number of methoxy groups -OCH3 is 1. The number of ether oxygens (including phenoxy) is 1. The normalized spacial score (nSPS) is 20.2. The van der Waals surface area contributed by atoms with Crippen LogP contribution in [0.25, 0.3) is 0 Å². The first-order valence-electron chi connectivity index (χ1n) is 8.22. The summed E-state index contributed by atoms with van der Waals surface area (Å²) in [4.78, 5) is 2.63. The lowest BCUT2D eigenvalue weighted by Crippen LogP contribution is -2.43. The molecule has 21 heavy (non-hydrogen) atoms. The quantitative estimate of drug-likeness (QED) is 0.875. The van der Waals surface area contributed by atoms with E-state index in [1.807, 2.05) is 12.1 Å². The molecule has 2 unspecified atom stereocenters. The summed E-state index contributed by atoms with van der Waals surface area (Å²) in [5.74, 6) is 1.65. The topological polar surface area (TPSA) is 38.5 Å². The maximum absolute atomic E-state index is 6.02. The molecule has 0 saturated carbocycles. The van der Waals surface area contributed by atoms with Gasteiger partial charge in [0.1, 0.15) is 5.75 Å². The van der Waals surface area contributed by atoms with Gasteiger partial charge in [-0.3, -0.25) is 0 Å². The lowest BCUT2D eigenvalue weighted by molar-refractivity contribution is 0.127. The van der Waals surface area contributed by atoms with Crippen LogP contribution in [0.5, 0.6) is 5.75 Å². The molecule has 1 aromatic rings. The van der Waals surface area contributed by atoms with Gasteiger partial charge < -0.3 is 15.4 Å². The molecule has 1 fully saturated rings. The number of nitrogens with two attached hydrogens (primary N) is 1. The molecule has 0 aromatic heterocycles. The standard InChI is InChI=1S/C18H30N2O/c1-14(20-12-10-17(11-13-20)15(2)19)4-5-16-6-8-18(21-3)9-7-16/h6-9,14-15,17H,4-5,10-13,19H2,1-3H3. The van der Waals surface area contributed by atoms with Crippen LogP contribution in [-0.4, -0.2) is 37.2 Å². The Kier molecular flexibility index (Phi) is 6.07. The van der Waals surface area contributed by atoms with E-state index < -0.39 is 0 Å². The Labute approximate surface area is 129 Å². The minimum atomic E-state index is 0.349. The van der Waals surface area contributed by atoms with Gasteiger partial charge in [0.25, 0.3) is 0 Å². The molecule has 3 heteroatoms. The minimum absolute atomic E-state index is 0.349. The fourth-order valence-electron chi connectivity index (χ4n) is 3.24. The van der Waals surface area contributed by atoms with Gasteiger partial charge in [-0.2, -0.15) is 0 Å². The third-order valence-corrected chi connectivity index (χ3v) is 4.95. The van der Waals surface area contributed by atoms with Crippen molar-refractivity contribution < 1.29 is 4.74 Å². The highest BCUT2D eigenvalue weighted by atomic mass is 16.5. The Hall–Kier alpha value is -1.06. The number of piperidine rings is 1. The van der Waals surface area contributed by atoms with Crippen LogP contribution in [0.2, 0.25) is 0 Å². The second kappa shape index (κ2) is 7.81.